The molecule has 1 atom stereocenters. The average Bonchev–Trinajstić information content (AvgIpc) is 3.11. The van der Waals surface area contributed by atoms with Gasteiger partial charge in [0, 0.05) is 17.9 Å². The van der Waals surface area contributed by atoms with Gasteiger partial charge in [0.15, 0.2) is 11.7 Å². The smallest absolute Gasteiger partial charge is 0.475 e. The first-order valence-corrected chi connectivity index (χ1v) is 17.2. The van der Waals surface area contributed by atoms with Crippen LogP contribution in [0, 0.1) is 0 Å². The molecule has 0 heterocycles. The number of halogens is 3. The number of carboxylic acid groups (broad SMARTS) is 1. The van der Waals surface area contributed by atoms with Crippen molar-refractivity contribution in [3.8, 4) is 11.5 Å². The van der Waals surface area contributed by atoms with E-state index in [1.54, 1.807) is 84.9 Å². The lowest BCUT2D eigenvalue weighted by molar-refractivity contribution is -0.192. The first-order chi connectivity index (χ1) is 25.3. The molecule has 0 aliphatic heterocycles. The van der Waals surface area contributed by atoms with Gasteiger partial charge in [0.25, 0.3) is 0 Å². The summed E-state index contributed by atoms with van der Waals surface area (Å²) in [4.78, 5) is 28.5. The highest BCUT2D eigenvalue weighted by atomic mass is 31.2. The predicted molar refractivity (Wildman–Crippen MR) is 186 cm³/mol. The van der Waals surface area contributed by atoms with Gasteiger partial charge >= 0.3 is 25.8 Å². The highest BCUT2D eigenvalue weighted by molar-refractivity contribution is 7.55. The first kappa shape index (κ1) is 43.6. The Balaban J connectivity index is 0.00000126. The van der Waals surface area contributed by atoms with Crippen LogP contribution in [0.4, 0.5) is 23.7 Å². The monoisotopic (exact) mass is 769 g/mol. The molecule has 3 rings (SSSR count). The Morgan fingerprint density at radius 1 is 0.811 bits per heavy atom. The lowest BCUT2D eigenvalue weighted by Crippen LogP contribution is -2.39. The van der Waals surface area contributed by atoms with Crippen LogP contribution in [0.2, 0.25) is 0 Å². The van der Waals surface area contributed by atoms with E-state index in [9.17, 15) is 22.5 Å². The third-order valence-corrected chi connectivity index (χ3v) is 8.09. The number of benzene rings is 3. The van der Waals surface area contributed by atoms with E-state index in [1.165, 1.54) is 0 Å². The number of nitrogens with one attached hydrogen (secondary N) is 1. The summed E-state index contributed by atoms with van der Waals surface area (Å²) in [7, 11) is -4.16. The Kier molecular flexibility index (Phi) is 19.6. The molecule has 0 spiro atoms. The summed E-state index contributed by atoms with van der Waals surface area (Å²) in [6.45, 7) is 1.92. The van der Waals surface area contributed by atoms with Gasteiger partial charge in [-0.1, -0.05) is 53.6 Å². The van der Waals surface area contributed by atoms with Crippen LogP contribution in [0.25, 0.3) is 10.4 Å². The van der Waals surface area contributed by atoms with Crippen LogP contribution in [0.3, 0.4) is 0 Å². The number of hydrogen-bond donors (Lipinski definition) is 4. The van der Waals surface area contributed by atoms with E-state index in [4.69, 9.17) is 54.9 Å². The summed E-state index contributed by atoms with van der Waals surface area (Å²) >= 11 is 0. The molecule has 0 aliphatic rings. The molecule has 3 aromatic carbocycles. The number of nitrogens with zero attached hydrogens (tertiary/aromatic N) is 4. The van der Waals surface area contributed by atoms with Crippen molar-refractivity contribution in [2.24, 2.45) is 21.6 Å². The lowest BCUT2D eigenvalue weighted by Gasteiger charge is -2.28. The van der Waals surface area contributed by atoms with Gasteiger partial charge in [-0.2, -0.15) is 13.2 Å². The lowest BCUT2D eigenvalue weighted by atomic mass is 10.1. The third kappa shape index (κ3) is 19.0. The minimum Gasteiger partial charge on any atom is -0.475 e. The number of aliphatic imine (C=N–C) groups is 1. The Labute approximate surface area is 302 Å². The van der Waals surface area contributed by atoms with Crippen molar-refractivity contribution < 1.29 is 60.4 Å². The van der Waals surface area contributed by atoms with E-state index < -0.39 is 31.6 Å². The number of carboxylic acids is 1. The van der Waals surface area contributed by atoms with E-state index in [0.717, 1.165) is 0 Å². The van der Waals surface area contributed by atoms with Gasteiger partial charge in [0.05, 0.1) is 45.3 Å². The Bertz CT molecular complexity index is 1600. The van der Waals surface area contributed by atoms with E-state index >= 15 is 0 Å². The number of para-hydroxylation sites is 2. The van der Waals surface area contributed by atoms with Gasteiger partial charge < -0.3 is 49.9 Å². The molecular formula is C32H39F3N7O10P. The first-order valence-electron chi connectivity index (χ1n) is 15.6. The van der Waals surface area contributed by atoms with Crippen LogP contribution < -0.4 is 25.8 Å². The molecule has 0 saturated heterocycles. The number of amides is 1. The molecule has 1 amide bonds. The second kappa shape index (κ2) is 23.9. The molecule has 0 fully saturated rings. The summed E-state index contributed by atoms with van der Waals surface area (Å²) in [6.07, 6.45) is -5.87. The molecule has 0 aliphatic carbocycles. The molecule has 3 aromatic rings. The van der Waals surface area contributed by atoms with Gasteiger partial charge in [-0.05, 0) is 47.5 Å². The van der Waals surface area contributed by atoms with E-state index in [-0.39, 0.29) is 38.7 Å². The largest absolute Gasteiger partial charge is 0.490 e. The van der Waals surface area contributed by atoms with Gasteiger partial charge in [-0.25, -0.2) is 19.1 Å². The molecule has 0 radical (unpaired) electrons. The van der Waals surface area contributed by atoms with Crippen molar-refractivity contribution in [3.05, 3.63) is 101 Å². The highest BCUT2D eigenvalue weighted by Crippen LogP contribution is 2.53. The van der Waals surface area contributed by atoms with Crippen molar-refractivity contribution in [1.29, 1.82) is 0 Å². The Morgan fingerprint density at radius 3 is 1.74 bits per heavy atom. The highest BCUT2D eigenvalue weighted by Gasteiger charge is 2.41. The number of carbonyl (C=O) groups excluding carboxylic acids is 1. The minimum atomic E-state index is -5.08. The van der Waals surface area contributed by atoms with Gasteiger partial charge in [0.1, 0.15) is 18.1 Å². The van der Waals surface area contributed by atoms with Crippen LogP contribution in [0.1, 0.15) is 5.56 Å². The fraction of sp³-hybridized carbons (Fsp3) is 0.344. The van der Waals surface area contributed by atoms with Crippen molar-refractivity contribution >= 4 is 31.3 Å². The summed E-state index contributed by atoms with van der Waals surface area (Å²) in [5, 5.41) is 13.2. The molecule has 1 unspecified atom stereocenters. The van der Waals surface area contributed by atoms with Crippen molar-refractivity contribution in [1.82, 2.24) is 5.32 Å². The molecule has 0 bridgehead atoms. The normalized spacial score (nSPS) is 11.5. The maximum absolute atomic E-state index is 14.6. The summed E-state index contributed by atoms with van der Waals surface area (Å²) in [6, 6.07) is 23.9. The van der Waals surface area contributed by atoms with Crippen LogP contribution in [-0.4, -0.2) is 87.9 Å². The summed E-state index contributed by atoms with van der Waals surface area (Å²) in [5.74, 6) is -3.43. The average molecular weight is 770 g/mol. The van der Waals surface area contributed by atoms with E-state index in [0.29, 0.717) is 49.2 Å². The number of aliphatic carboxylic acids is 1. The molecule has 0 aromatic heterocycles. The summed E-state index contributed by atoms with van der Waals surface area (Å²) < 4.78 is 79.6. The number of nitrogens with two attached hydrogens (primary N) is 2. The molecule has 17 nitrogen and oxygen atoms in total. The van der Waals surface area contributed by atoms with Crippen LogP contribution in [-0.2, 0) is 34.7 Å². The van der Waals surface area contributed by atoms with Crippen molar-refractivity contribution in [3.63, 3.8) is 0 Å². The number of hydrogen-bond acceptors (Lipinski definition) is 11. The number of alkyl carbamates (subject to hydrolysis) is 1. The fourth-order valence-corrected chi connectivity index (χ4v) is 5.61. The minimum absolute atomic E-state index is 0.0528. The number of azide groups is 1. The van der Waals surface area contributed by atoms with Gasteiger partial charge in [-0.15, -0.1) is 0 Å². The molecule has 288 valence electrons. The molecule has 21 heteroatoms. The topological polar surface area (TPSA) is 252 Å². The summed E-state index contributed by atoms with van der Waals surface area (Å²) in [5.41, 5.74) is 20.4. The van der Waals surface area contributed by atoms with Crippen LogP contribution in [0.15, 0.2) is 95.0 Å². The molecule has 6 N–H and O–H groups in total. The Morgan fingerprint density at radius 2 is 1.28 bits per heavy atom. The zero-order valence-corrected chi connectivity index (χ0v) is 29.1. The van der Waals surface area contributed by atoms with Gasteiger partial charge in [-0.3, -0.25) is 0 Å². The van der Waals surface area contributed by atoms with E-state index in [1.807, 2.05) is 0 Å². The number of rotatable bonds is 21. The number of guanidine groups is 1. The van der Waals surface area contributed by atoms with Crippen molar-refractivity contribution in [2.75, 3.05) is 52.8 Å². The van der Waals surface area contributed by atoms with Gasteiger partial charge in [0.2, 0.25) is 0 Å². The number of alkyl halides is 3. The standard InChI is InChI=1S/C30H38N7O8P.C2HF3O2/c31-29(32)35-25-13-11-24(12-14-25)23-28(36-30(38)43-22-21-42-20-19-41-18-17-40-16-15-34-37-33)46(39,44-26-7-3-1-4-8-26)45-27-9-5-2-6-10-27;3-2(4,5)1(6)7/h1-14,28H,15-23H2,(H,36,38)(H4,31,32,35);(H,6,7). The van der Waals surface area contributed by atoms with E-state index in [2.05, 4.69) is 20.3 Å². The maximum atomic E-state index is 14.6. The van der Waals surface area contributed by atoms with Crippen molar-refractivity contribution in [2.45, 2.75) is 18.4 Å². The predicted octanol–water partition coefficient (Wildman–Crippen LogP) is 5.53. The molecule has 53 heavy (non-hydrogen) atoms. The second-order valence-electron chi connectivity index (χ2n) is 10.1. The quantitative estimate of drug-likeness (QED) is 0.0198. The third-order valence-electron chi connectivity index (χ3n) is 6.09. The fourth-order valence-electron chi connectivity index (χ4n) is 3.79. The van der Waals surface area contributed by atoms with Crippen LogP contribution in [0.5, 0.6) is 11.5 Å². The number of carbonyl (C=O) groups is 2. The Hall–Kier alpha value is -5.52. The zero-order valence-electron chi connectivity index (χ0n) is 28.2. The van der Waals surface area contributed by atoms with Crippen LogP contribution >= 0.6 is 7.60 Å². The second-order valence-corrected chi connectivity index (χ2v) is 12.2. The number of ether oxygens (including phenoxy) is 4. The molecule has 0 saturated carbocycles. The molecular weight excluding hydrogens is 730 g/mol. The maximum Gasteiger partial charge on any atom is 0.490 e. The zero-order chi connectivity index (χ0) is 39.0. The SMILES string of the molecule is O=C(O)C(F)(F)F.[N-]=[N+]=NCCOCCOCCOCCOC(=O)NC(Cc1ccc(N=C(N)N)cc1)P(=O)(Oc1ccccc1)Oc1ccccc1.